The number of fused-ring (bicyclic) bond motifs is 5. The number of benzene rings is 3. The van der Waals surface area contributed by atoms with Crippen LogP contribution in [0.2, 0.25) is 5.02 Å². The molecule has 2 aliphatic rings. The molecular formula is C22H14ClNO2S. The molecule has 27 heavy (non-hydrogen) atoms. The van der Waals surface area contributed by atoms with Gasteiger partial charge in [-0.2, -0.15) is 0 Å². The van der Waals surface area contributed by atoms with Crippen LogP contribution in [-0.2, 0) is 0 Å². The number of halogens is 1. The first-order chi connectivity index (χ1) is 13.2. The smallest absolute Gasteiger partial charge is 0.263 e. The Hall–Kier alpha value is -2.82. The zero-order valence-corrected chi connectivity index (χ0v) is 16.0. The van der Waals surface area contributed by atoms with Crippen LogP contribution in [0.1, 0.15) is 0 Å². The Morgan fingerprint density at radius 2 is 1.70 bits per heavy atom. The second-order valence-electron chi connectivity index (χ2n) is 6.28. The molecule has 0 N–H and O–H groups in total. The summed E-state index contributed by atoms with van der Waals surface area (Å²) in [5.74, 6) is 0.757. The predicted molar refractivity (Wildman–Crippen MR) is 113 cm³/mol. The molecule has 3 aromatic carbocycles. The molecule has 0 aliphatic carbocycles. The topological polar surface area (TPSA) is 31.2 Å². The van der Waals surface area contributed by atoms with Crippen molar-refractivity contribution in [2.45, 2.75) is 0 Å². The van der Waals surface area contributed by atoms with Gasteiger partial charge in [0.05, 0.1) is 27.9 Å². The first-order valence-electron chi connectivity index (χ1n) is 8.48. The highest BCUT2D eigenvalue weighted by atomic mass is 35.5. The standard InChI is InChI=1S/C22H14ClNO2S/c1-26-13-10-11-18-19(12-13)27-21(16-8-4-5-9-17(16)23)20-14-6-2-3-7-15(14)22(25)24(18)20/h2-12H,1H3. The van der Waals surface area contributed by atoms with Gasteiger partial charge in [-0.15, -0.1) is 11.3 Å². The summed E-state index contributed by atoms with van der Waals surface area (Å²) in [5.41, 5.74) is 2.66. The van der Waals surface area contributed by atoms with Gasteiger partial charge in [0.2, 0.25) is 0 Å². The third-order valence-corrected chi connectivity index (χ3v) is 6.29. The fraction of sp³-hybridized carbons (Fsp3) is 0.0455. The van der Waals surface area contributed by atoms with E-state index >= 15 is 0 Å². The number of aromatic nitrogens is 1. The number of rotatable bonds is 2. The van der Waals surface area contributed by atoms with Crippen molar-refractivity contribution in [1.29, 1.82) is 0 Å². The normalized spacial score (nSPS) is 11.5. The molecule has 0 amide bonds. The summed E-state index contributed by atoms with van der Waals surface area (Å²) < 4.78 is 8.15. The predicted octanol–water partition coefficient (Wildman–Crippen LogP) is 5.97. The Morgan fingerprint density at radius 3 is 2.48 bits per heavy atom. The molecule has 5 heteroatoms. The minimum absolute atomic E-state index is 0.0168. The van der Waals surface area contributed by atoms with E-state index in [-0.39, 0.29) is 5.56 Å². The van der Waals surface area contributed by atoms with Crippen molar-refractivity contribution in [3.63, 3.8) is 0 Å². The van der Waals surface area contributed by atoms with E-state index in [4.69, 9.17) is 16.3 Å². The summed E-state index contributed by atoms with van der Waals surface area (Å²) in [5, 5.41) is 2.31. The molecule has 2 heterocycles. The third kappa shape index (κ3) is 2.37. The largest absolute Gasteiger partial charge is 0.497 e. The lowest BCUT2D eigenvalue weighted by Gasteiger charge is -2.15. The summed E-state index contributed by atoms with van der Waals surface area (Å²) in [6, 6.07) is 21.2. The average molecular weight is 392 g/mol. The van der Waals surface area contributed by atoms with E-state index in [0.29, 0.717) is 10.4 Å². The van der Waals surface area contributed by atoms with E-state index in [2.05, 4.69) is 0 Å². The second kappa shape index (κ2) is 6.12. The molecule has 0 bridgehead atoms. The molecule has 0 radical (unpaired) electrons. The fourth-order valence-electron chi connectivity index (χ4n) is 3.55. The number of methoxy groups -OCH3 is 1. The molecular weight excluding hydrogens is 378 g/mol. The summed E-state index contributed by atoms with van der Waals surface area (Å²) in [6.45, 7) is 0. The van der Waals surface area contributed by atoms with Crippen LogP contribution in [0, 0.1) is 0 Å². The quantitative estimate of drug-likeness (QED) is 0.371. The van der Waals surface area contributed by atoms with Crippen LogP contribution < -0.4 is 10.3 Å². The van der Waals surface area contributed by atoms with Gasteiger partial charge in [0.25, 0.3) is 5.56 Å². The molecule has 0 unspecified atom stereocenters. The molecule has 0 saturated heterocycles. The summed E-state index contributed by atoms with van der Waals surface area (Å²) in [4.78, 5) is 14.2. The zero-order chi connectivity index (χ0) is 18.5. The summed E-state index contributed by atoms with van der Waals surface area (Å²) in [6.07, 6.45) is 0. The van der Waals surface area contributed by atoms with Gasteiger partial charge in [0.15, 0.2) is 0 Å². The lowest BCUT2D eigenvalue weighted by Crippen LogP contribution is -2.13. The van der Waals surface area contributed by atoms with Gasteiger partial charge in [-0.25, -0.2) is 0 Å². The first kappa shape index (κ1) is 16.4. The minimum Gasteiger partial charge on any atom is -0.497 e. The number of hydrogen-bond donors (Lipinski definition) is 0. The molecule has 2 aliphatic heterocycles. The Balaban J connectivity index is 2.05. The highest BCUT2D eigenvalue weighted by Gasteiger charge is 2.23. The highest BCUT2D eigenvalue weighted by molar-refractivity contribution is 7.22. The second-order valence-corrected chi connectivity index (χ2v) is 7.74. The molecule has 5 rings (SSSR count). The average Bonchev–Trinajstić information content (AvgIpc) is 3.01. The molecule has 0 fully saturated rings. The van der Waals surface area contributed by atoms with Crippen molar-refractivity contribution in [3.8, 4) is 21.9 Å². The highest BCUT2D eigenvalue weighted by Crippen LogP contribution is 2.43. The van der Waals surface area contributed by atoms with Crippen LogP contribution >= 0.6 is 22.9 Å². The lowest BCUT2D eigenvalue weighted by atomic mass is 10.1. The number of ether oxygens (including phenoxy) is 1. The van der Waals surface area contributed by atoms with E-state index in [9.17, 15) is 4.79 Å². The minimum atomic E-state index is -0.0168. The van der Waals surface area contributed by atoms with Gasteiger partial charge in [0.1, 0.15) is 5.75 Å². The van der Waals surface area contributed by atoms with E-state index in [0.717, 1.165) is 37.5 Å². The van der Waals surface area contributed by atoms with Crippen LogP contribution in [-0.4, -0.2) is 11.7 Å². The van der Waals surface area contributed by atoms with Crippen molar-refractivity contribution in [2.75, 3.05) is 7.11 Å². The van der Waals surface area contributed by atoms with Crippen molar-refractivity contribution < 1.29 is 4.74 Å². The SMILES string of the molecule is COc1ccc2c(c1)sc(-c1ccccc1Cl)c1c3ccccc3c(=O)n2-1. The maximum atomic E-state index is 13.2. The molecule has 3 aromatic rings. The van der Waals surface area contributed by atoms with Gasteiger partial charge in [-0.1, -0.05) is 48.0 Å². The van der Waals surface area contributed by atoms with E-state index in [1.54, 1.807) is 23.0 Å². The summed E-state index contributed by atoms with van der Waals surface area (Å²) >= 11 is 8.14. The number of hydrogen-bond acceptors (Lipinski definition) is 3. The van der Waals surface area contributed by atoms with E-state index in [1.807, 2.05) is 66.7 Å². The van der Waals surface area contributed by atoms with Crippen molar-refractivity contribution >= 4 is 43.9 Å². The lowest BCUT2D eigenvalue weighted by molar-refractivity contribution is 0.415. The van der Waals surface area contributed by atoms with Gasteiger partial charge < -0.3 is 4.74 Å². The van der Waals surface area contributed by atoms with Crippen molar-refractivity contribution in [1.82, 2.24) is 4.57 Å². The maximum absolute atomic E-state index is 13.2. The monoisotopic (exact) mass is 391 g/mol. The third-order valence-electron chi connectivity index (χ3n) is 4.79. The van der Waals surface area contributed by atoms with Crippen molar-refractivity contribution in [2.24, 2.45) is 0 Å². The van der Waals surface area contributed by atoms with Gasteiger partial charge in [0, 0.05) is 21.4 Å². The molecule has 0 atom stereocenters. The molecule has 3 nitrogen and oxygen atoms in total. The Kier molecular flexibility index (Phi) is 3.71. The summed E-state index contributed by atoms with van der Waals surface area (Å²) in [7, 11) is 1.64. The van der Waals surface area contributed by atoms with Gasteiger partial charge >= 0.3 is 0 Å². The number of nitrogens with zero attached hydrogens (tertiary/aromatic N) is 1. The van der Waals surface area contributed by atoms with E-state index in [1.165, 1.54) is 0 Å². The van der Waals surface area contributed by atoms with Gasteiger partial charge in [-0.3, -0.25) is 9.36 Å². The van der Waals surface area contributed by atoms with Crippen LogP contribution in [0.15, 0.2) is 71.5 Å². The van der Waals surface area contributed by atoms with Crippen LogP contribution in [0.4, 0.5) is 0 Å². The molecule has 132 valence electrons. The molecule has 0 spiro atoms. The zero-order valence-electron chi connectivity index (χ0n) is 14.4. The molecule has 0 aromatic heterocycles. The van der Waals surface area contributed by atoms with Crippen molar-refractivity contribution in [3.05, 3.63) is 82.1 Å². The Labute approximate surface area is 164 Å². The van der Waals surface area contributed by atoms with Crippen LogP contribution in [0.5, 0.6) is 5.75 Å². The Morgan fingerprint density at radius 1 is 0.963 bits per heavy atom. The van der Waals surface area contributed by atoms with E-state index < -0.39 is 0 Å². The Bertz CT molecular complexity index is 1350. The van der Waals surface area contributed by atoms with Crippen LogP contribution in [0.25, 0.3) is 37.1 Å². The van der Waals surface area contributed by atoms with Crippen LogP contribution in [0.3, 0.4) is 0 Å². The molecule has 0 saturated carbocycles. The maximum Gasteiger partial charge on any atom is 0.263 e. The van der Waals surface area contributed by atoms with Gasteiger partial charge in [-0.05, 0) is 30.3 Å². The fourth-order valence-corrected chi connectivity index (χ4v) is 5.08. The first-order valence-corrected chi connectivity index (χ1v) is 9.67.